The number of fused-ring (bicyclic) bond motifs is 1. The van der Waals surface area contributed by atoms with E-state index in [4.69, 9.17) is 5.73 Å². The Morgan fingerprint density at radius 3 is 2.92 bits per heavy atom. The van der Waals surface area contributed by atoms with Crippen molar-refractivity contribution >= 4 is 32.8 Å². The lowest BCUT2D eigenvalue weighted by atomic mass is 10.3. The van der Waals surface area contributed by atoms with E-state index < -0.39 is 0 Å². The van der Waals surface area contributed by atoms with Gasteiger partial charge >= 0.3 is 0 Å². The molecule has 2 aromatic rings. The van der Waals surface area contributed by atoms with Crippen LogP contribution >= 0.6 is 15.9 Å². The van der Waals surface area contributed by atoms with E-state index in [1.54, 1.807) is 0 Å². The number of nitrogens with zero attached hydrogens (tertiary/aromatic N) is 3. The van der Waals surface area contributed by atoms with Gasteiger partial charge < -0.3 is 5.73 Å². The van der Waals surface area contributed by atoms with Crippen molar-refractivity contribution in [3.63, 3.8) is 0 Å². The van der Waals surface area contributed by atoms with Crippen LogP contribution in [0.3, 0.4) is 0 Å². The van der Waals surface area contributed by atoms with Crippen molar-refractivity contribution in [2.75, 3.05) is 5.73 Å². The summed E-state index contributed by atoms with van der Waals surface area (Å²) in [7, 11) is 0. The molecule has 0 bridgehead atoms. The molecule has 2 heterocycles. The van der Waals surface area contributed by atoms with Gasteiger partial charge in [0.05, 0.1) is 5.52 Å². The first-order valence-corrected chi connectivity index (χ1v) is 4.09. The maximum Gasteiger partial charge on any atom is 0.153 e. The van der Waals surface area contributed by atoms with E-state index in [1.807, 2.05) is 12.1 Å². The average molecular weight is 225 g/mol. The Labute approximate surface area is 77.0 Å². The van der Waals surface area contributed by atoms with Gasteiger partial charge in [-0.05, 0) is 28.1 Å². The van der Waals surface area contributed by atoms with Gasteiger partial charge in [-0.3, -0.25) is 0 Å². The van der Waals surface area contributed by atoms with Crippen LogP contribution in [0, 0.1) is 0 Å². The van der Waals surface area contributed by atoms with Crippen LogP contribution in [0.15, 0.2) is 23.1 Å². The summed E-state index contributed by atoms with van der Waals surface area (Å²) in [4.78, 5) is 12.0. The molecule has 60 valence electrons. The fourth-order valence-electron chi connectivity index (χ4n) is 0.935. The molecule has 0 saturated carbocycles. The standard InChI is InChI=1S/C7H5BrN4/c8-5-2-1-4-6(12-5)7(9)11-3-10-4/h1-3H,(H2,9,10,11). The summed E-state index contributed by atoms with van der Waals surface area (Å²) in [6.45, 7) is 0. The summed E-state index contributed by atoms with van der Waals surface area (Å²) >= 11 is 3.24. The molecule has 4 nitrogen and oxygen atoms in total. The highest BCUT2D eigenvalue weighted by atomic mass is 79.9. The highest BCUT2D eigenvalue weighted by Crippen LogP contribution is 2.16. The smallest absolute Gasteiger partial charge is 0.153 e. The van der Waals surface area contributed by atoms with Gasteiger partial charge in [-0.25, -0.2) is 15.0 Å². The van der Waals surface area contributed by atoms with Gasteiger partial charge in [0.1, 0.15) is 16.4 Å². The lowest BCUT2D eigenvalue weighted by Gasteiger charge is -1.98. The minimum atomic E-state index is 0.404. The number of hydrogen-bond acceptors (Lipinski definition) is 4. The average Bonchev–Trinajstić information content (AvgIpc) is 2.07. The number of anilines is 1. The molecular formula is C7H5BrN4. The minimum absolute atomic E-state index is 0.404. The van der Waals surface area contributed by atoms with Crippen molar-refractivity contribution in [1.82, 2.24) is 15.0 Å². The first-order chi connectivity index (χ1) is 5.77. The second-order valence-electron chi connectivity index (χ2n) is 2.26. The van der Waals surface area contributed by atoms with E-state index in [2.05, 4.69) is 30.9 Å². The van der Waals surface area contributed by atoms with Gasteiger partial charge in [-0.15, -0.1) is 0 Å². The number of rotatable bonds is 0. The van der Waals surface area contributed by atoms with Crippen molar-refractivity contribution in [2.24, 2.45) is 0 Å². The van der Waals surface area contributed by atoms with E-state index in [0.717, 1.165) is 10.1 Å². The summed E-state index contributed by atoms with van der Waals surface area (Å²) in [6, 6.07) is 3.65. The summed E-state index contributed by atoms with van der Waals surface area (Å²) in [5.41, 5.74) is 6.98. The number of nitrogens with two attached hydrogens (primary N) is 1. The third-order valence-electron chi connectivity index (χ3n) is 1.48. The fourth-order valence-corrected chi connectivity index (χ4v) is 1.24. The van der Waals surface area contributed by atoms with Crippen LogP contribution in [0.1, 0.15) is 0 Å². The lowest BCUT2D eigenvalue weighted by Crippen LogP contribution is -1.94. The first-order valence-electron chi connectivity index (χ1n) is 3.30. The molecule has 2 N–H and O–H groups in total. The van der Waals surface area contributed by atoms with Gasteiger partial charge in [0.25, 0.3) is 0 Å². The molecule has 2 rings (SSSR count). The number of aromatic nitrogens is 3. The molecular weight excluding hydrogens is 220 g/mol. The Morgan fingerprint density at radius 2 is 2.08 bits per heavy atom. The largest absolute Gasteiger partial charge is 0.382 e. The number of nitrogen functional groups attached to an aromatic ring is 1. The second kappa shape index (κ2) is 2.67. The molecule has 0 unspecified atom stereocenters. The molecule has 0 aromatic carbocycles. The highest BCUT2D eigenvalue weighted by molar-refractivity contribution is 9.10. The zero-order valence-electron chi connectivity index (χ0n) is 6.03. The second-order valence-corrected chi connectivity index (χ2v) is 3.07. The van der Waals surface area contributed by atoms with E-state index in [-0.39, 0.29) is 0 Å². The van der Waals surface area contributed by atoms with Crippen LogP contribution in [0.2, 0.25) is 0 Å². The van der Waals surface area contributed by atoms with Gasteiger partial charge in [0, 0.05) is 0 Å². The van der Waals surface area contributed by atoms with E-state index in [9.17, 15) is 0 Å². The fraction of sp³-hybridized carbons (Fsp3) is 0. The van der Waals surface area contributed by atoms with Crippen LogP contribution in [0.25, 0.3) is 11.0 Å². The first kappa shape index (κ1) is 7.42. The molecule has 0 aliphatic heterocycles. The zero-order chi connectivity index (χ0) is 8.55. The molecule has 0 aliphatic rings. The van der Waals surface area contributed by atoms with E-state index in [1.165, 1.54) is 6.33 Å². The summed E-state index contributed by atoms with van der Waals surface area (Å²) in [5, 5.41) is 0. The zero-order valence-corrected chi connectivity index (χ0v) is 7.62. The number of hydrogen-bond donors (Lipinski definition) is 1. The summed E-state index contributed by atoms with van der Waals surface area (Å²) < 4.78 is 0.733. The van der Waals surface area contributed by atoms with Gasteiger partial charge in [-0.1, -0.05) is 0 Å². The highest BCUT2D eigenvalue weighted by Gasteiger charge is 2.00. The van der Waals surface area contributed by atoms with Crippen LogP contribution in [-0.2, 0) is 0 Å². The van der Waals surface area contributed by atoms with Gasteiger partial charge in [-0.2, -0.15) is 0 Å². The number of pyridine rings is 1. The molecule has 0 aliphatic carbocycles. The molecule has 0 saturated heterocycles. The summed E-state index contributed by atoms with van der Waals surface area (Å²) in [5.74, 6) is 0.404. The van der Waals surface area contributed by atoms with Crippen molar-refractivity contribution in [3.05, 3.63) is 23.1 Å². The maximum atomic E-state index is 5.59. The quantitative estimate of drug-likeness (QED) is 0.687. The van der Waals surface area contributed by atoms with Crippen LogP contribution < -0.4 is 5.73 Å². The third-order valence-corrected chi connectivity index (χ3v) is 1.92. The molecule has 0 fully saturated rings. The Balaban J connectivity index is 2.88. The third kappa shape index (κ3) is 1.12. The Bertz CT molecular complexity index is 429. The van der Waals surface area contributed by atoms with E-state index in [0.29, 0.717) is 11.3 Å². The minimum Gasteiger partial charge on any atom is -0.382 e. The van der Waals surface area contributed by atoms with Crippen molar-refractivity contribution < 1.29 is 0 Å². The Morgan fingerprint density at radius 1 is 1.25 bits per heavy atom. The molecule has 0 atom stereocenters. The topological polar surface area (TPSA) is 64.7 Å². The predicted molar refractivity (Wildman–Crippen MR) is 49.4 cm³/mol. The SMILES string of the molecule is Nc1ncnc2ccc(Br)nc12. The molecule has 0 spiro atoms. The van der Waals surface area contributed by atoms with Crippen LogP contribution in [0.5, 0.6) is 0 Å². The van der Waals surface area contributed by atoms with E-state index >= 15 is 0 Å². The monoisotopic (exact) mass is 224 g/mol. The normalized spacial score (nSPS) is 10.4. The molecule has 12 heavy (non-hydrogen) atoms. The number of halogens is 1. The Kier molecular flexibility index (Phi) is 1.65. The maximum absolute atomic E-state index is 5.59. The van der Waals surface area contributed by atoms with Crippen LogP contribution in [-0.4, -0.2) is 15.0 Å². The predicted octanol–water partition coefficient (Wildman–Crippen LogP) is 1.37. The molecule has 2 aromatic heterocycles. The molecule has 5 heteroatoms. The lowest BCUT2D eigenvalue weighted by molar-refractivity contribution is 1.20. The molecule has 0 radical (unpaired) electrons. The van der Waals surface area contributed by atoms with Gasteiger partial charge in [0.2, 0.25) is 0 Å². The van der Waals surface area contributed by atoms with Crippen molar-refractivity contribution in [1.29, 1.82) is 0 Å². The van der Waals surface area contributed by atoms with Crippen molar-refractivity contribution in [2.45, 2.75) is 0 Å². The summed E-state index contributed by atoms with van der Waals surface area (Å²) in [6.07, 6.45) is 1.42. The van der Waals surface area contributed by atoms with Crippen molar-refractivity contribution in [3.8, 4) is 0 Å². The van der Waals surface area contributed by atoms with Gasteiger partial charge in [0.15, 0.2) is 5.82 Å². The molecule has 0 amide bonds. The Hall–Kier alpha value is -1.23. The van der Waals surface area contributed by atoms with Crippen LogP contribution in [0.4, 0.5) is 5.82 Å².